The molecule has 10 rings (SSSR count). The monoisotopic (exact) mass is 1120 g/mol. The van der Waals surface area contributed by atoms with E-state index < -0.39 is 0 Å². The molecule has 10 nitrogen and oxygen atoms in total. The summed E-state index contributed by atoms with van der Waals surface area (Å²) >= 11 is 3.64. The molecule has 0 radical (unpaired) electrons. The molecule has 426 valence electrons. The van der Waals surface area contributed by atoms with Gasteiger partial charge in [-0.1, -0.05) is 103 Å². The zero-order valence-corrected chi connectivity index (χ0v) is 49.5. The second kappa shape index (κ2) is 29.9. The molecule has 0 bridgehead atoms. The number of fused-ring (bicyclic) bond motifs is 4. The van der Waals surface area contributed by atoms with Crippen molar-refractivity contribution in [1.29, 1.82) is 0 Å². The summed E-state index contributed by atoms with van der Waals surface area (Å²) in [7, 11) is 0. The van der Waals surface area contributed by atoms with Crippen molar-refractivity contribution < 1.29 is 9.47 Å². The predicted molar refractivity (Wildman–Crippen MR) is 341 cm³/mol. The van der Waals surface area contributed by atoms with Gasteiger partial charge in [-0.2, -0.15) is 0 Å². The smallest absolute Gasteiger partial charge is 0.251 e. The van der Waals surface area contributed by atoms with Crippen molar-refractivity contribution in [1.82, 2.24) is 18.9 Å². The number of aromatic nitrogens is 2. The van der Waals surface area contributed by atoms with Crippen LogP contribution in [-0.4, -0.2) is 97.6 Å². The molecule has 0 amide bonds. The molecule has 0 unspecified atom stereocenters. The molecule has 0 aliphatic carbocycles. The molecule has 0 saturated carbocycles. The highest BCUT2D eigenvalue weighted by atomic mass is 32.1. The van der Waals surface area contributed by atoms with Crippen LogP contribution in [0.4, 0.5) is 11.4 Å². The summed E-state index contributed by atoms with van der Waals surface area (Å²) in [4.78, 5) is 38.3. The summed E-state index contributed by atoms with van der Waals surface area (Å²) in [5, 5.41) is 9.17. The van der Waals surface area contributed by atoms with Gasteiger partial charge in [0.1, 0.15) is 11.5 Å². The summed E-state index contributed by atoms with van der Waals surface area (Å²) in [6, 6.07) is 37.5. The summed E-state index contributed by atoms with van der Waals surface area (Å²) in [5.41, 5.74) is 4.46. The van der Waals surface area contributed by atoms with E-state index in [1.54, 1.807) is 12.1 Å². The minimum Gasteiger partial charge on any atom is -0.494 e. The third-order valence-electron chi connectivity index (χ3n) is 17.2. The Kier molecular flexibility index (Phi) is 21.5. The summed E-state index contributed by atoms with van der Waals surface area (Å²) < 4.78 is 19.5. The van der Waals surface area contributed by atoms with E-state index in [4.69, 9.17) is 9.47 Å². The maximum Gasteiger partial charge on any atom is 0.251 e. The largest absolute Gasteiger partial charge is 0.494 e. The number of benzene rings is 4. The molecule has 2 aliphatic rings. The van der Waals surface area contributed by atoms with Crippen LogP contribution in [0.2, 0.25) is 0 Å². The molecule has 4 aromatic heterocycles. The van der Waals surface area contributed by atoms with Crippen molar-refractivity contribution >= 4 is 76.0 Å². The van der Waals surface area contributed by atoms with Crippen molar-refractivity contribution in [3.63, 3.8) is 0 Å². The first-order valence-electron chi connectivity index (χ1n) is 30.9. The fourth-order valence-electron chi connectivity index (χ4n) is 12.5. The first kappa shape index (κ1) is 57.6. The molecular formula is C68H88N6O4S2. The Morgan fingerprint density at radius 2 is 0.875 bits per heavy atom. The average molecular weight is 1120 g/mol. The molecule has 2 saturated heterocycles. The third kappa shape index (κ3) is 15.7. The second-order valence-corrected chi connectivity index (χ2v) is 24.8. The normalized spacial score (nSPS) is 14.7. The maximum absolute atomic E-state index is 14.0. The predicted octanol–water partition coefficient (Wildman–Crippen LogP) is 15.5. The van der Waals surface area contributed by atoms with Crippen molar-refractivity contribution in [2.75, 3.05) is 88.5 Å². The molecule has 80 heavy (non-hydrogen) atoms. The summed E-state index contributed by atoms with van der Waals surface area (Å²) in [6.45, 7) is 15.2. The molecule has 0 N–H and O–H groups in total. The lowest BCUT2D eigenvalue weighted by molar-refractivity contribution is 0.239. The van der Waals surface area contributed by atoms with Gasteiger partial charge in [0.25, 0.3) is 11.1 Å². The van der Waals surface area contributed by atoms with Gasteiger partial charge in [-0.3, -0.25) is 19.4 Å². The number of hydrogen-bond donors (Lipinski definition) is 0. The Bertz CT molecular complexity index is 3090. The van der Waals surface area contributed by atoms with E-state index in [0.29, 0.717) is 26.3 Å². The Morgan fingerprint density at radius 3 is 1.32 bits per heavy atom. The van der Waals surface area contributed by atoms with E-state index in [9.17, 15) is 9.59 Å². The number of unbranched alkanes of at least 4 members (excludes halogenated alkanes) is 14. The summed E-state index contributed by atoms with van der Waals surface area (Å²) in [5.74, 6) is 1.64. The Balaban J connectivity index is 0.739. The third-order valence-corrected chi connectivity index (χ3v) is 18.9. The number of hydrogen-bond acceptors (Lipinski definition) is 10. The van der Waals surface area contributed by atoms with Gasteiger partial charge in [-0.05, 0) is 145 Å². The average Bonchev–Trinajstić information content (AvgIpc) is 4.20. The summed E-state index contributed by atoms with van der Waals surface area (Å²) in [6.07, 6.45) is 21.9. The fourth-order valence-corrected chi connectivity index (χ4v) is 14.1. The van der Waals surface area contributed by atoms with Crippen LogP contribution in [0, 0.1) is 5.92 Å². The zero-order chi connectivity index (χ0) is 54.7. The molecular weight excluding hydrogens is 1030 g/mol. The maximum atomic E-state index is 14.0. The molecule has 12 heteroatoms. The molecule has 0 spiro atoms. The van der Waals surface area contributed by atoms with Crippen LogP contribution in [0.3, 0.4) is 0 Å². The van der Waals surface area contributed by atoms with E-state index in [1.165, 1.54) is 102 Å². The van der Waals surface area contributed by atoms with Crippen LogP contribution >= 0.6 is 22.7 Å². The van der Waals surface area contributed by atoms with Crippen LogP contribution < -0.4 is 30.4 Å². The SMILES string of the molecule is CCCCCCCCCCCCCCCC(Cn1c(=O)ccc2ccc(OCCCCN3CCN(c4cccc5sccc45)CC3)cc21)Cn1c(=O)ccc2ccc(OCCCCN3CCN(c4cccc5sccc45)CC3)cc21. The molecule has 4 aromatic carbocycles. The van der Waals surface area contributed by atoms with E-state index in [0.717, 1.165) is 144 Å². The van der Waals surface area contributed by atoms with Crippen molar-refractivity contribution in [3.05, 3.63) is 141 Å². The standard InChI is InChI=1S/C68H88N6O4S2/c1-2-3-4-5-6-7-8-9-10-11-12-13-14-21-54(52-73-63-50-57(30-26-55(63)28-32-67(73)75)77-46-17-15-36-69-38-42-71(43-39-69)61-22-19-24-65-59(61)34-48-79-65)53-74-64-51-58(31-27-56(64)29-33-68(74)76)78-47-18-16-37-70-40-44-72(45-41-70)62-23-20-25-66-60(62)35-49-80-66/h19-20,22-35,48-51,54H,2-18,21,36-47,52-53H2,1H3. The number of rotatable bonds is 32. The second-order valence-electron chi connectivity index (χ2n) is 22.9. The molecule has 6 heterocycles. The van der Waals surface area contributed by atoms with Gasteiger partial charge >= 0.3 is 0 Å². The van der Waals surface area contributed by atoms with Crippen LogP contribution in [0.15, 0.2) is 130 Å². The highest BCUT2D eigenvalue weighted by Crippen LogP contribution is 2.33. The highest BCUT2D eigenvalue weighted by Gasteiger charge is 2.22. The van der Waals surface area contributed by atoms with E-state index >= 15 is 0 Å². The quantitative estimate of drug-likeness (QED) is 0.0386. The van der Waals surface area contributed by atoms with Gasteiger partial charge in [0.2, 0.25) is 0 Å². The lowest BCUT2D eigenvalue weighted by Gasteiger charge is -2.36. The molecule has 2 fully saturated rings. The van der Waals surface area contributed by atoms with E-state index in [-0.39, 0.29) is 17.0 Å². The van der Waals surface area contributed by atoms with Gasteiger partial charge in [0.15, 0.2) is 0 Å². The Labute approximate surface area is 483 Å². The molecule has 0 atom stereocenters. The Hall–Kier alpha value is -5.66. The van der Waals surface area contributed by atoms with Gasteiger partial charge in [-0.15, -0.1) is 22.7 Å². The van der Waals surface area contributed by atoms with Gasteiger partial charge in [0, 0.05) is 121 Å². The van der Waals surface area contributed by atoms with Crippen LogP contribution in [0.5, 0.6) is 11.5 Å². The number of thiophene rings is 2. The van der Waals surface area contributed by atoms with Crippen molar-refractivity contribution in [2.45, 2.75) is 136 Å². The first-order chi connectivity index (χ1) is 39.5. The molecule has 8 aromatic rings. The number of anilines is 2. The highest BCUT2D eigenvalue weighted by molar-refractivity contribution is 7.17. The number of piperazine rings is 2. The van der Waals surface area contributed by atoms with Crippen molar-refractivity contribution in [3.8, 4) is 11.5 Å². The minimum absolute atomic E-state index is 0.0210. The van der Waals surface area contributed by atoms with Gasteiger partial charge in [-0.25, -0.2) is 0 Å². The van der Waals surface area contributed by atoms with E-state index in [2.05, 4.69) is 110 Å². The van der Waals surface area contributed by atoms with Crippen molar-refractivity contribution in [2.24, 2.45) is 5.92 Å². The molecule has 2 aliphatic heterocycles. The lowest BCUT2D eigenvalue weighted by Crippen LogP contribution is -2.46. The fraction of sp³-hybridized carbons (Fsp3) is 0.500. The van der Waals surface area contributed by atoms with Gasteiger partial charge in [0.05, 0.1) is 24.2 Å². The Morgan fingerprint density at radius 1 is 0.450 bits per heavy atom. The van der Waals surface area contributed by atoms with Gasteiger partial charge < -0.3 is 28.4 Å². The number of ether oxygens (including phenoxy) is 2. The topological polar surface area (TPSA) is 75.4 Å². The van der Waals surface area contributed by atoms with Crippen LogP contribution in [0.25, 0.3) is 42.0 Å². The number of pyridine rings is 2. The number of nitrogens with zero attached hydrogens (tertiary/aromatic N) is 6. The lowest BCUT2D eigenvalue weighted by atomic mass is 9.98. The van der Waals surface area contributed by atoms with E-state index in [1.807, 2.05) is 56.1 Å². The first-order valence-corrected chi connectivity index (χ1v) is 32.6. The zero-order valence-electron chi connectivity index (χ0n) is 47.9. The van der Waals surface area contributed by atoms with Crippen LogP contribution in [0.1, 0.15) is 122 Å². The minimum atomic E-state index is -0.0210. The van der Waals surface area contributed by atoms with Crippen LogP contribution in [-0.2, 0) is 13.1 Å².